The van der Waals surface area contributed by atoms with Crippen LogP contribution in [0.5, 0.6) is 17.2 Å². The number of halogens is 1. The Balaban J connectivity index is 1.77. The molecule has 1 aromatic heterocycles. The topological polar surface area (TPSA) is 73.5 Å². The third-order valence-electron chi connectivity index (χ3n) is 5.12. The molecule has 0 saturated heterocycles. The lowest BCUT2D eigenvalue weighted by Gasteiger charge is -2.22. The largest absolute Gasteiger partial charge is 0.496 e. The fraction of sp³-hybridized carbons (Fsp3) is 0.217. The molecule has 1 amide bonds. The molecule has 160 valence electrons. The molecule has 31 heavy (non-hydrogen) atoms. The van der Waals surface area contributed by atoms with Gasteiger partial charge in [-0.3, -0.25) is 4.79 Å². The van der Waals surface area contributed by atoms with Crippen molar-refractivity contribution in [2.24, 2.45) is 5.10 Å². The third kappa shape index (κ3) is 4.03. The number of amides is 1. The molecular formula is C23H21BrN2O5. The molecule has 0 saturated carbocycles. The van der Waals surface area contributed by atoms with E-state index in [9.17, 15) is 4.79 Å². The van der Waals surface area contributed by atoms with Crippen molar-refractivity contribution in [2.45, 2.75) is 12.5 Å². The van der Waals surface area contributed by atoms with Gasteiger partial charge in [-0.1, -0.05) is 18.2 Å². The molecule has 1 atom stereocenters. The maximum Gasteiger partial charge on any atom is 0.310 e. The van der Waals surface area contributed by atoms with Crippen molar-refractivity contribution in [3.05, 3.63) is 76.2 Å². The standard InChI is InChI=1S/C23H21BrN2O5/c1-28-18-7-5-4-6-15(18)17-13-16(14-8-9-19(29-2)21(12-14)30-3)25-26(17)23(27)20-10-11-22(24)31-20/h4-12,17H,13H2,1-3H3/t17-/m0/s1. The number of hydrazone groups is 1. The maximum absolute atomic E-state index is 13.3. The van der Waals surface area contributed by atoms with E-state index in [1.807, 2.05) is 42.5 Å². The van der Waals surface area contributed by atoms with Gasteiger partial charge in [0.1, 0.15) is 5.75 Å². The number of carbonyl (C=O) groups excluding carboxylic acids is 1. The van der Waals surface area contributed by atoms with E-state index in [0.717, 1.165) is 16.8 Å². The van der Waals surface area contributed by atoms with Gasteiger partial charge in [0.15, 0.2) is 21.9 Å². The van der Waals surface area contributed by atoms with E-state index >= 15 is 0 Å². The summed E-state index contributed by atoms with van der Waals surface area (Å²) < 4.78 is 22.3. The van der Waals surface area contributed by atoms with Gasteiger partial charge in [0.25, 0.3) is 0 Å². The fourth-order valence-electron chi connectivity index (χ4n) is 3.61. The molecule has 3 aromatic rings. The SMILES string of the molecule is COc1ccc(C2=NN(C(=O)c3ccc(Br)o3)[C@H](c3ccccc3OC)C2)cc1OC. The number of hydrogen-bond donors (Lipinski definition) is 0. The van der Waals surface area contributed by atoms with Gasteiger partial charge in [-0.05, 0) is 52.3 Å². The number of rotatable bonds is 6. The van der Waals surface area contributed by atoms with Gasteiger partial charge >= 0.3 is 5.91 Å². The van der Waals surface area contributed by atoms with Gasteiger partial charge in [-0.15, -0.1) is 0 Å². The molecule has 8 heteroatoms. The van der Waals surface area contributed by atoms with Crippen molar-refractivity contribution in [3.8, 4) is 17.2 Å². The first-order valence-electron chi connectivity index (χ1n) is 9.57. The average molecular weight is 485 g/mol. The molecule has 0 N–H and O–H groups in total. The van der Waals surface area contributed by atoms with Crippen LogP contribution >= 0.6 is 15.9 Å². The van der Waals surface area contributed by atoms with Crippen molar-refractivity contribution >= 4 is 27.5 Å². The van der Waals surface area contributed by atoms with Gasteiger partial charge < -0.3 is 18.6 Å². The van der Waals surface area contributed by atoms with Gasteiger partial charge in [0.2, 0.25) is 0 Å². The van der Waals surface area contributed by atoms with Crippen molar-refractivity contribution in [1.82, 2.24) is 5.01 Å². The quantitative estimate of drug-likeness (QED) is 0.488. The summed E-state index contributed by atoms with van der Waals surface area (Å²) in [4.78, 5) is 13.3. The Hall–Kier alpha value is -3.26. The first-order valence-corrected chi connectivity index (χ1v) is 10.4. The van der Waals surface area contributed by atoms with Gasteiger partial charge in [-0.25, -0.2) is 5.01 Å². The van der Waals surface area contributed by atoms with Crippen molar-refractivity contribution in [1.29, 1.82) is 0 Å². The molecule has 4 rings (SSSR count). The van der Waals surface area contributed by atoms with Crippen LogP contribution in [0.15, 0.2) is 68.8 Å². The lowest BCUT2D eigenvalue weighted by atomic mass is 9.97. The van der Waals surface area contributed by atoms with E-state index in [2.05, 4.69) is 21.0 Å². The van der Waals surface area contributed by atoms with E-state index < -0.39 is 0 Å². The Morgan fingerprint density at radius 3 is 2.42 bits per heavy atom. The number of ether oxygens (including phenoxy) is 3. The smallest absolute Gasteiger partial charge is 0.310 e. The van der Waals surface area contributed by atoms with Crippen LogP contribution in [0.1, 0.15) is 34.1 Å². The molecule has 0 radical (unpaired) electrons. The Kier molecular flexibility index (Phi) is 5.99. The molecule has 2 heterocycles. The Morgan fingerprint density at radius 1 is 1.00 bits per heavy atom. The molecule has 0 spiro atoms. The highest BCUT2D eigenvalue weighted by Gasteiger charge is 2.36. The van der Waals surface area contributed by atoms with E-state index in [-0.39, 0.29) is 17.7 Å². The molecule has 2 aromatic carbocycles. The van der Waals surface area contributed by atoms with Crippen LogP contribution in [-0.2, 0) is 0 Å². The van der Waals surface area contributed by atoms with E-state index in [1.165, 1.54) is 5.01 Å². The minimum absolute atomic E-state index is 0.198. The number of carbonyl (C=O) groups is 1. The predicted molar refractivity (Wildman–Crippen MR) is 119 cm³/mol. The normalized spacial score (nSPS) is 15.5. The number of para-hydroxylation sites is 1. The second-order valence-corrected chi connectivity index (χ2v) is 7.61. The van der Waals surface area contributed by atoms with Gasteiger partial charge in [-0.2, -0.15) is 5.10 Å². The summed E-state index contributed by atoms with van der Waals surface area (Å²) in [5.41, 5.74) is 2.45. The molecule has 0 bridgehead atoms. The molecule has 0 unspecified atom stereocenters. The first-order chi connectivity index (χ1) is 15.0. The fourth-order valence-corrected chi connectivity index (χ4v) is 3.92. The Bertz CT molecular complexity index is 1140. The van der Waals surface area contributed by atoms with E-state index in [1.54, 1.807) is 33.5 Å². The van der Waals surface area contributed by atoms with Crippen LogP contribution < -0.4 is 14.2 Å². The van der Waals surface area contributed by atoms with Crippen molar-refractivity contribution in [2.75, 3.05) is 21.3 Å². The highest BCUT2D eigenvalue weighted by Crippen LogP contribution is 2.39. The van der Waals surface area contributed by atoms with Crippen LogP contribution in [0.2, 0.25) is 0 Å². The number of methoxy groups -OCH3 is 3. The molecule has 0 aliphatic carbocycles. The van der Waals surface area contributed by atoms with E-state index in [0.29, 0.717) is 28.3 Å². The summed E-state index contributed by atoms with van der Waals surface area (Å²) in [6, 6.07) is 16.1. The first kappa shape index (κ1) is 21.0. The van der Waals surface area contributed by atoms with Crippen molar-refractivity contribution < 1.29 is 23.4 Å². The van der Waals surface area contributed by atoms with Crippen LogP contribution in [0.4, 0.5) is 0 Å². The monoisotopic (exact) mass is 484 g/mol. The number of hydrogen-bond acceptors (Lipinski definition) is 6. The van der Waals surface area contributed by atoms with E-state index in [4.69, 9.17) is 18.6 Å². The third-order valence-corrected chi connectivity index (χ3v) is 5.54. The number of nitrogens with zero attached hydrogens (tertiary/aromatic N) is 2. The summed E-state index contributed by atoms with van der Waals surface area (Å²) in [6.45, 7) is 0. The number of benzene rings is 2. The molecule has 1 aliphatic rings. The summed E-state index contributed by atoms with van der Waals surface area (Å²) >= 11 is 3.25. The Labute approximate surface area is 188 Å². The average Bonchev–Trinajstić information content (AvgIpc) is 3.45. The minimum Gasteiger partial charge on any atom is -0.496 e. The summed E-state index contributed by atoms with van der Waals surface area (Å²) in [5.74, 6) is 1.77. The zero-order valence-electron chi connectivity index (χ0n) is 17.3. The van der Waals surface area contributed by atoms with Gasteiger partial charge in [0.05, 0.1) is 33.1 Å². The molecule has 0 fully saturated rings. The highest BCUT2D eigenvalue weighted by molar-refractivity contribution is 9.10. The Morgan fingerprint density at radius 2 is 1.74 bits per heavy atom. The van der Waals surface area contributed by atoms with Crippen molar-refractivity contribution in [3.63, 3.8) is 0 Å². The highest BCUT2D eigenvalue weighted by atomic mass is 79.9. The summed E-state index contributed by atoms with van der Waals surface area (Å²) in [6.07, 6.45) is 0.503. The molecule has 7 nitrogen and oxygen atoms in total. The second kappa shape index (κ2) is 8.85. The van der Waals surface area contributed by atoms with Crippen LogP contribution in [0.25, 0.3) is 0 Å². The molecular weight excluding hydrogens is 464 g/mol. The zero-order chi connectivity index (χ0) is 22.0. The zero-order valence-corrected chi connectivity index (χ0v) is 18.9. The van der Waals surface area contributed by atoms with Gasteiger partial charge in [0, 0.05) is 17.5 Å². The van der Waals surface area contributed by atoms with Crippen LogP contribution in [-0.4, -0.2) is 38.0 Å². The second-order valence-electron chi connectivity index (χ2n) is 6.83. The summed E-state index contributed by atoms with van der Waals surface area (Å²) in [5, 5.41) is 6.13. The summed E-state index contributed by atoms with van der Waals surface area (Å²) in [7, 11) is 4.78. The minimum atomic E-state index is -0.351. The lowest BCUT2D eigenvalue weighted by Crippen LogP contribution is -2.27. The maximum atomic E-state index is 13.3. The lowest BCUT2D eigenvalue weighted by molar-refractivity contribution is 0.0675. The number of furan rings is 1. The van der Waals surface area contributed by atoms with Crippen LogP contribution in [0, 0.1) is 0 Å². The van der Waals surface area contributed by atoms with Crippen LogP contribution in [0.3, 0.4) is 0 Å². The molecule has 1 aliphatic heterocycles. The predicted octanol–water partition coefficient (Wildman–Crippen LogP) is 5.06.